The van der Waals surface area contributed by atoms with Gasteiger partial charge in [0.2, 0.25) is 0 Å². The van der Waals surface area contributed by atoms with Crippen LogP contribution in [-0.4, -0.2) is 19.1 Å². The van der Waals surface area contributed by atoms with E-state index >= 15 is 0 Å². The molecule has 0 saturated carbocycles. The number of ether oxygens (including phenoxy) is 1. The summed E-state index contributed by atoms with van der Waals surface area (Å²) in [6, 6.07) is 2.61. The zero-order valence-corrected chi connectivity index (χ0v) is 11.1. The van der Waals surface area contributed by atoms with Crippen molar-refractivity contribution in [3.8, 4) is 0 Å². The number of aryl methyl sites for hydroxylation is 2. The first kappa shape index (κ1) is 14.9. The molecule has 2 rings (SSSR count). The summed E-state index contributed by atoms with van der Waals surface area (Å²) in [5.41, 5.74) is 8.40. The van der Waals surface area contributed by atoms with Crippen LogP contribution >= 0.6 is 12.4 Å². The van der Waals surface area contributed by atoms with Crippen molar-refractivity contribution in [2.75, 3.05) is 7.11 Å². The van der Waals surface area contributed by atoms with Gasteiger partial charge in [-0.15, -0.1) is 12.4 Å². The summed E-state index contributed by atoms with van der Waals surface area (Å²) >= 11 is 0. The van der Waals surface area contributed by atoms with E-state index in [2.05, 4.69) is 4.74 Å². The standard InChI is InChI=1S/C13H16FNO2.ClH/c1-17-13(16)12(15)7-10-5-8-3-2-4-9(8)6-11(10)14;/h5-6,12H,2-4,7,15H2,1H3;1H/t12-;/m0./s1. The molecule has 1 aromatic rings. The van der Waals surface area contributed by atoms with Gasteiger partial charge in [0.15, 0.2) is 0 Å². The number of carbonyl (C=O) groups is 1. The van der Waals surface area contributed by atoms with E-state index in [-0.39, 0.29) is 24.6 Å². The van der Waals surface area contributed by atoms with Gasteiger partial charge in [0.05, 0.1) is 7.11 Å². The predicted molar refractivity (Wildman–Crippen MR) is 69.4 cm³/mol. The van der Waals surface area contributed by atoms with Gasteiger partial charge in [0, 0.05) is 6.42 Å². The van der Waals surface area contributed by atoms with Crippen LogP contribution in [0.1, 0.15) is 23.1 Å². The Morgan fingerprint density at radius 2 is 2.06 bits per heavy atom. The highest BCUT2D eigenvalue weighted by atomic mass is 35.5. The van der Waals surface area contributed by atoms with Gasteiger partial charge in [0.1, 0.15) is 11.9 Å². The molecule has 0 fully saturated rings. The quantitative estimate of drug-likeness (QED) is 0.854. The third-order valence-corrected chi connectivity index (χ3v) is 3.20. The molecule has 0 unspecified atom stereocenters. The van der Waals surface area contributed by atoms with E-state index in [9.17, 15) is 9.18 Å². The summed E-state index contributed by atoms with van der Waals surface area (Å²) in [6.45, 7) is 0. The molecular weight excluding hydrogens is 257 g/mol. The highest BCUT2D eigenvalue weighted by molar-refractivity contribution is 5.85. The zero-order valence-electron chi connectivity index (χ0n) is 10.2. The van der Waals surface area contributed by atoms with Gasteiger partial charge in [-0.1, -0.05) is 6.07 Å². The first-order valence-electron chi connectivity index (χ1n) is 5.75. The van der Waals surface area contributed by atoms with Crippen LogP contribution < -0.4 is 5.73 Å². The molecule has 3 nitrogen and oxygen atoms in total. The zero-order chi connectivity index (χ0) is 12.4. The maximum Gasteiger partial charge on any atom is 0.322 e. The van der Waals surface area contributed by atoms with E-state index in [1.54, 1.807) is 6.07 Å². The molecule has 0 saturated heterocycles. The Kier molecular flexibility index (Phi) is 5.11. The summed E-state index contributed by atoms with van der Waals surface area (Å²) < 4.78 is 18.3. The number of halogens is 2. The smallest absolute Gasteiger partial charge is 0.322 e. The van der Waals surface area contributed by atoms with Gasteiger partial charge in [-0.3, -0.25) is 4.79 Å². The van der Waals surface area contributed by atoms with Gasteiger partial charge in [0.25, 0.3) is 0 Å². The van der Waals surface area contributed by atoms with E-state index in [1.165, 1.54) is 12.7 Å². The first-order chi connectivity index (χ1) is 8.11. The maximum atomic E-state index is 13.8. The lowest BCUT2D eigenvalue weighted by Crippen LogP contribution is -2.34. The van der Waals surface area contributed by atoms with E-state index in [0.717, 1.165) is 24.8 Å². The normalized spacial score (nSPS) is 14.6. The van der Waals surface area contributed by atoms with Crippen LogP contribution in [0.15, 0.2) is 12.1 Å². The van der Waals surface area contributed by atoms with Crippen LogP contribution in [-0.2, 0) is 28.8 Å². The van der Waals surface area contributed by atoms with Crippen LogP contribution in [0.4, 0.5) is 4.39 Å². The van der Waals surface area contributed by atoms with Crippen LogP contribution in [0.5, 0.6) is 0 Å². The highest BCUT2D eigenvalue weighted by Gasteiger charge is 2.19. The molecule has 5 heteroatoms. The molecule has 0 radical (unpaired) electrons. The minimum absolute atomic E-state index is 0. The van der Waals surface area contributed by atoms with Crippen LogP contribution in [0.3, 0.4) is 0 Å². The van der Waals surface area contributed by atoms with Gasteiger partial charge in [-0.05, 0) is 42.0 Å². The summed E-state index contributed by atoms with van der Waals surface area (Å²) in [5, 5.41) is 0. The molecule has 1 atom stereocenters. The fourth-order valence-corrected chi connectivity index (χ4v) is 2.27. The minimum Gasteiger partial charge on any atom is -0.468 e. The van der Waals surface area contributed by atoms with Gasteiger partial charge in [-0.2, -0.15) is 0 Å². The van der Waals surface area contributed by atoms with Crippen molar-refractivity contribution >= 4 is 18.4 Å². The Balaban J connectivity index is 0.00000162. The Bertz CT molecular complexity index is 451. The summed E-state index contributed by atoms with van der Waals surface area (Å²) in [7, 11) is 1.28. The van der Waals surface area contributed by atoms with Crippen molar-refractivity contribution < 1.29 is 13.9 Å². The van der Waals surface area contributed by atoms with Gasteiger partial charge in [-0.25, -0.2) is 4.39 Å². The number of hydrogen-bond acceptors (Lipinski definition) is 3. The number of rotatable bonds is 3. The van der Waals surface area contributed by atoms with Crippen molar-refractivity contribution in [2.24, 2.45) is 5.73 Å². The molecular formula is C13H17ClFNO2. The Labute approximate surface area is 112 Å². The third kappa shape index (κ3) is 3.00. The molecule has 1 aliphatic rings. The van der Waals surface area contributed by atoms with Gasteiger partial charge >= 0.3 is 5.97 Å². The Morgan fingerprint density at radius 1 is 1.44 bits per heavy atom. The molecule has 0 aliphatic heterocycles. The van der Waals surface area contributed by atoms with Crippen molar-refractivity contribution in [2.45, 2.75) is 31.7 Å². The van der Waals surface area contributed by atoms with E-state index in [0.29, 0.717) is 5.56 Å². The number of methoxy groups -OCH3 is 1. The summed E-state index contributed by atoms with van der Waals surface area (Å²) in [5.74, 6) is -0.782. The average molecular weight is 274 g/mol. The van der Waals surface area contributed by atoms with Crippen molar-refractivity contribution in [1.29, 1.82) is 0 Å². The highest BCUT2D eigenvalue weighted by Crippen LogP contribution is 2.25. The molecule has 2 N–H and O–H groups in total. The predicted octanol–water partition coefficient (Wildman–Crippen LogP) is 1.78. The molecule has 0 aromatic heterocycles. The molecule has 0 amide bonds. The van der Waals surface area contributed by atoms with Crippen LogP contribution in [0, 0.1) is 5.82 Å². The third-order valence-electron chi connectivity index (χ3n) is 3.20. The topological polar surface area (TPSA) is 52.3 Å². The SMILES string of the molecule is COC(=O)[C@@H](N)Cc1cc2c(cc1F)CCC2.Cl. The monoisotopic (exact) mass is 273 g/mol. The Morgan fingerprint density at radius 3 is 2.67 bits per heavy atom. The second-order valence-corrected chi connectivity index (χ2v) is 4.40. The lowest BCUT2D eigenvalue weighted by atomic mass is 10.0. The lowest BCUT2D eigenvalue weighted by molar-refractivity contribution is -0.142. The molecule has 0 spiro atoms. The van der Waals surface area contributed by atoms with E-state index < -0.39 is 12.0 Å². The number of benzene rings is 1. The minimum atomic E-state index is -0.797. The van der Waals surface area contributed by atoms with Crippen molar-refractivity contribution in [1.82, 2.24) is 0 Å². The second-order valence-electron chi connectivity index (χ2n) is 4.40. The van der Waals surface area contributed by atoms with E-state index in [4.69, 9.17) is 5.73 Å². The van der Waals surface area contributed by atoms with Crippen molar-refractivity contribution in [3.63, 3.8) is 0 Å². The second kappa shape index (κ2) is 6.16. The van der Waals surface area contributed by atoms with E-state index in [1.807, 2.05) is 6.07 Å². The van der Waals surface area contributed by atoms with Gasteiger partial charge < -0.3 is 10.5 Å². The number of hydrogen-bond donors (Lipinski definition) is 1. The molecule has 100 valence electrons. The average Bonchev–Trinajstić information content (AvgIpc) is 2.75. The molecule has 1 aliphatic carbocycles. The van der Waals surface area contributed by atoms with Crippen LogP contribution in [0.25, 0.3) is 0 Å². The number of fused-ring (bicyclic) bond motifs is 1. The molecule has 18 heavy (non-hydrogen) atoms. The molecule has 1 aromatic carbocycles. The largest absolute Gasteiger partial charge is 0.468 e. The molecule has 0 bridgehead atoms. The number of carbonyl (C=O) groups excluding carboxylic acids is 1. The number of nitrogens with two attached hydrogens (primary N) is 1. The fraction of sp³-hybridized carbons (Fsp3) is 0.462. The maximum absolute atomic E-state index is 13.8. The van der Waals surface area contributed by atoms with Crippen LogP contribution in [0.2, 0.25) is 0 Å². The lowest BCUT2D eigenvalue weighted by Gasteiger charge is -2.11. The Hall–Kier alpha value is -1.13. The summed E-state index contributed by atoms with van der Waals surface area (Å²) in [4.78, 5) is 11.2. The number of esters is 1. The van der Waals surface area contributed by atoms with Crippen molar-refractivity contribution in [3.05, 3.63) is 34.6 Å². The molecule has 0 heterocycles. The fourth-order valence-electron chi connectivity index (χ4n) is 2.27. The first-order valence-corrected chi connectivity index (χ1v) is 5.75. The summed E-state index contributed by atoms with van der Waals surface area (Å²) in [6.07, 6.45) is 3.18.